The number of hydrogen-bond acceptors (Lipinski definition) is 3. The molecule has 7 heteroatoms. The van der Waals surface area contributed by atoms with E-state index in [1.807, 2.05) is 0 Å². The molecule has 0 unspecified atom stereocenters. The molecule has 0 saturated heterocycles. The average molecular weight is 251 g/mol. The van der Waals surface area contributed by atoms with Crippen molar-refractivity contribution in [2.45, 2.75) is 12.2 Å². The van der Waals surface area contributed by atoms with Crippen LogP contribution in [0, 0.1) is 5.82 Å². The minimum absolute atomic E-state index is 0.288. The van der Waals surface area contributed by atoms with Crippen molar-refractivity contribution < 1.29 is 27.1 Å². The number of carbonyl (C=O) groups excluding carboxylic acids is 1. The Morgan fingerprint density at radius 3 is 2.41 bits per heavy atom. The van der Waals surface area contributed by atoms with Crippen LogP contribution >= 0.6 is 0 Å². The summed E-state index contributed by atoms with van der Waals surface area (Å²) in [6.07, 6.45) is -4.70. The molecule has 0 amide bonds. The fraction of sp³-hybridized carbons (Fsp3) is 0.300. The van der Waals surface area contributed by atoms with E-state index in [0.29, 0.717) is 12.1 Å². The van der Waals surface area contributed by atoms with Crippen molar-refractivity contribution in [3.63, 3.8) is 0 Å². The maximum Gasteiger partial charge on any atom is 0.416 e. The number of methoxy groups -OCH3 is 1. The number of alkyl halides is 3. The summed E-state index contributed by atoms with van der Waals surface area (Å²) in [5.74, 6) is -2.06. The lowest BCUT2D eigenvalue weighted by Crippen LogP contribution is -2.23. The van der Waals surface area contributed by atoms with Gasteiger partial charge in [0.2, 0.25) is 0 Å². The first-order chi connectivity index (χ1) is 7.75. The summed E-state index contributed by atoms with van der Waals surface area (Å²) in [4.78, 5) is 11.0. The van der Waals surface area contributed by atoms with Crippen molar-refractivity contribution in [2.75, 3.05) is 7.11 Å². The lowest BCUT2D eigenvalue weighted by molar-refractivity contribution is -0.143. The van der Waals surface area contributed by atoms with Crippen LogP contribution in [0.5, 0.6) is 0 Å². The fourth-order valence-corrected chi connectivity index (χ4v) is 1.22. The van der Waals surface area contributed by atoms with Gasteiger partial charge in [-0.25, -0.2) is 4.39 Å². The maximum atomic E-state index is 13.0. The van der Waals surface area contributed by atoms with Crippen molar-refractivity contribution in [1.29, 1.82) is 0 Å². The van der Waals surface area contributed by atoms with Gasteiger partial charge in [0.25, 0.3) is 0 Å². The molecule has 0 aliphatic rings. The summed E-state index contributed by atoms with van der Waals surface area (Å²) in [6, 6.07) is 0.256. The molecular weight excluding hydrogens is 242 g/mol. The van der Waals surface area contributed by atoms with Gasteiger partial charge in [-0.3, -0.25) is 4.79 Å². The summed E-state index contributed by atoms with van der Waals surface area (Å²) in [5.41, 5.74) is 3.83. The van der Waals surface area contributed by atoms with Gasteiger partial charge in [-0.15, -0.1) is 0 Å². The zero-order valence-electron chi connectivity index (χ0n) is 8.72. The summed E-state index contributed by atoms with van der Waals surface area (Å²) in [7, 11) is 1.03. The molecule has 0 spiro atoms. The summed E-state index contributed by atoms with van der Waals surface area (Å²) >= 11 is 0. The predicted molar refractivity (Wildman–Crippen MR) is 50.3 cm³/mol. The van der Waals surface area contributed by atoms with Crippen LogP contribution in [0.25, 0.3) is 0 Å². The van der Waals surface area contributed by atoms with E-state index in [2.05, 4.69) is 4.74 Å². The largest absolute Gasteiger partial charge is 0.468 e. The predicted octanol–water partition coefficient (Wildman–Crippen LogP) is 2.02. The molecule has 0 heterocycles. The second kappa shape index (κ2) is 4.70. The van der Waals surface area contributed by atoms with Crippen LogP contribution in [0.4, 0.5) is 17.6 Å². The average Bonchev–Trinajstić information content (AvgIpc) is 2.25. The minimum atomic E-state index is -4.70. The number of ether oxygens (including phenoxy) is 1. The Morgan fingerprint density at radius 1 is 1.35 bits per heavy atom. The van der Waals surface area contributed by atoms with Gasteiger partial charge in [0.15, 0.2) is 0 Å². The smallest absolute Gasteiger partial charge is 0.416 e. The Bertz CT molecular complexity index is 431. The van der Waals surface area contributed by atoms with E-state index >= 15 is 0 Å². The molecule has 17 heavy (non-hydrogen) atoms. The van der Waals surface area contributed by atoms with Gasteiger partial charge < -0.3 is 10.5 Å². The van der Waals surface area contributed by atoms with E-state index < -0.39 is 29.6 Å². The molecule has 1 atom stereocenters. The van der Waals surface area contributed by atoms with Crippen molar-refractivity contribution >= 4 is 5.97 Å². The molecule has 94 valence electrons. The molecule has 1 rings (SSSR count). The van der Waals surface area contributed by atoms with E-state index in [-0.39, 0.29) is 5.56 Å². The third kappa shape index (κ3) is 3.16. The number of benzene rings is 1. The third-order valence-corrected chi connectivity index (χ3v) is 2.06. The highest BCUT2D eigenvalue weighted by Crippen LogP contribution is 2.31. The highest BCUT2D eigenvalue weighted by atomic mass is 19.4. The monoisotopic (exact) mass is 251 g/mol. The number of nitrogens with two attached hydrogens (primary N) is 1. The normalized spacial score (nSPS) is 13.3. The standard InChI is InChI=1S/C10H9F4NO2/c1-17-9(16)8(15)5-2-6(10(12,13)14)4-7(11)3-5/h2-4,8H,15H2,1H3/t8-/m0/s1. The van der Waals surface area contributed by atoms with Gasteiger partial charge in [0.1, 0.15) is 11.9 Å². The van der Waals surface area contributed by atoms with Gasteiger partial charge in [-0.1, -0.05) is 0 Å². The fourth-order valence-electron chi connectivity index (χ4n) is 1.22. The Balaban J connectivity index is 3.18. The van der Waals surface area contributed by atoms with Crippen molar-refractivity contribution in [3.8, 4) is 0 Å². The Labute approximate surface area is 94.2 Å². The first kappa shape index (κ1) is 13.4. The molecule has 0 bridgehead atoms. The summed E-state index contributed by atoms with van der Waals surface area (Å²) in [6.45, 7) is 0. The molecule has 1 aromatic carbocycles. The van der Waals surface area contributed by atoms with E-state index in [9.17, 15) is 22.4 Å². The van der Waals surface area contributed by atoms with Gasteiger partial charge in [-0.2, -0.15) is 13.2 Å². The Kier molecular flexibility index (Phi) is 3.72. The second-order valence-electron chi connectivity index (χ2n) is 3.27. The number of hydrogen-bond donors (Lipinski definition) is 1. The molecular formula is C10H9F4NO2. The first-order valence-electron chi connectivity index (χ1n) is 4.47. The second-order valence-corrected chi connectivity index (χ2v) is 3.27. The highest BCUT2D eigenvalue weighted by Gasteiger charge is 2.32. The molecule has 1 aromatic rings. The molecule has 2 N–H and O–H groups in total. The summed E-state index contributed by atoms with van der Waals surface area (Å²) in [5, 5.41) is 0. The molecule has 0 fully saturated rings. The van der Waals surface area contributed by atoms with Crippen LogP contribution in [0.2, 0.25) is 0 Å². The number of rotatable bonds is 2. The molecule has 0 aliphatic carbocycles. The molecule has 0 aromatic heterocycles. The van der Waals surface area contributed by atoms with Gasteiger partial charge >= 0.3 is 12.1 Å². The van der Waals surface area contributed by atoms with E-state index in [0.717, 1.165) is 13.2 Å². The zero-order valence-corrected chi connectivity index (χ0v) is 8.72. The molecule has 3 nitrogen and oxygen atoms in total. The molecule has 0 saturated carbocycles. The first-order valence-corrected chi connectivity index (χ1v) is 4.47. The number of halogens is 4. The molecule has 0 aliphatic heterocycles. The Morgan fingerprint density at radius 2 is 1.94 bits per heavy atom. The van der Waals surface area contributed by atoms with Crippen LogP contribution in [0.15, 0.2) is 18.2 Å². The van der Waals surface area contributed by atoms with Crippen LogP contribution in [-0.4, -0.2) is 13.1 Å². The lowest BCUT2D eigenvalue weighted by Gasteiger charge is -2.13. The SMILES string of the molecule is COC(=O)[C@@H](N)c1cc(F)cc(C(F)(F)F)c1. The summed E-state index contributed by atoms with van der Waals surface area (Å²) < 4.78 is 54.4. The Hall–Kier alpha value is -1.63. The maximum absolute atomic E-state index is 13.0. The van der Waals surface area contributed by atoms with E-state index in [1.165, 1.54) is 0 Å². The van der Waals surface area contributed by atoms with Gasteiger partial charge in [0, 0.05) is 0 Å². The topological polar surface area (TPSA) is 52.3 Å². The van der Waals surface area contributed by atoms with Crippen LogP contribution in [0.3, 0.4) is 0 Å². The highest BCUT2D eigenvalue weighted by molar-refractivity contribution is 5.77. The van der Waals surface area contributed by atoms with Crippen molar-refractivity contribution in [2.24, 2.45) is 5.73 Å². The third-order valence-electron chi connectivity index (χ3n) is 2.06. The van der Waals surface area contributed by atoms with E-state index in [1.54, 1.807) is 0 Å². The van der Waals surface area contributed by atoms with Crippen LogP contribution in [-0.2, 0) is 15.7 Å². The van der Waals surface area contributed by atoms with E-state index in [4.69, 9.17) is 5.73 Å². The van der Waals surface area contributed by atoms with Crippen LogP contribution < -0.4 is 5.73 Å². The van der Waals surface area contributed by atoms with Crippen molar-refractivity contribution in [3.05, 3.63) is 35.1 Å². The number of carbonyl (C=O) groups is 1. The van der Waals surface area contributed by atoms with Gasteiger partial charge in [-0.05, 0) is 23.8 Å². The zero-order chi connectivity index (χ0) is 13.2. The lowest BCUT2D eigenvalue weighted by atomic mass is 10.0. The van der Waals surface area contributed by atoms with Crippen LogP contribution in [0.1, 0.15) is 17.2 Å². The van der Waals surface area contributed by atoms with Gasteiger partial charge in [0.05, 0.1) is 12.7 Å². The molecule has 0 radical (unpaired) electrons. The minimum Gasteiger partial charge on any atom is -0.468 e. The quantitative estimate of drug-likeness (QED) is 0.646. The van der Waals surface area contributed by atoms with Crippen molar-refractivity contribution in [1.82, 2.24) is 0 Å². The number of esters is 1.